The molecule has 12 heavy (non-hydrogen) atoms. The molecule has 0 atom stereocenters. The Kier molecular flexibility index (Phi) is 4.81. The standard InChI is InChI=1S/C10H20N2/c1-2-9-11-12-10-7-5-3-4-6-8-10/h11H,2-9H2,1H3. The quantitative estimate of drug-likeness (QED) is 0.391. The maximum Gasteiger partial charge on any atom is 0.0378 e. The monoisotopic (exact) mass is 168 g/mol. The highest BCUT2D eigenvalue weighted by Gasteiger charge is 2.04. The lowest BCUT2D eigenvalue weighted by molar-refractivity contribution is 0.702. The molecule has 1 fully saturated rings. The lowest BCUT2D eigenvalue weighted by atomic mass is 10.2. The van der Waals surface area contributed by atoms with Crippen LogP contribution in [0.1, 0.15) is 51.9 Å². The number of nitrogens with zero attached hydrogens (tertiary/aromatic N) is 1. The summed E-state index contributed by atoms with van der Waals surface area (Å²) in [4.78, 5) is 0. The topological polar surface area (TPSA) is 24.4 Å². The summed E-state index contributed by atoms with van der Waals surface area (Å²) in [7, 11) is 0. The SMILES string of the molecule is CCCNN=C1CCCCCC1. The van der Waals surface area contributed by atoms with Gasteiger partial charge in [-0.1, -0.05) is 19.8 Å². The summed E-state index contributed by atoms with van der Waals surface area (Å²) in [5.74, 6) is 0. The molecule has 2 nitrogen and oxygen atoms in total. The molecule has 0 bridgehead atoms. The van der Waals surface area contributed by atoms with E-state index in [9.17, 15) is 0 Å². The molecule has 0 aliphatic heterocycles. The van der Waals surface area contributed by atoms with Crippen LogP contribution in [-0.2, 0) is 0 Å². The number of hydrazone groups is 1. The highest BCUT2D eigenvalue weighted by atomic mass is 15.3. The van der Waals surface area contributed by atoms with Crippen LogP contribution < -0.4 is 5.43 Å². The van der Waals surface area contributed by atoms with Crippen molar-refractivity contribution >= 4 is 5.71 Å². The highest BCUT2D eigenvalue weighted by molar-refractivity contribution is 5.84. The third-order valence-electron chi connectivity index (χ3n) is 2.28. The van der Waals surface area contributed by atoms with Crippen LogP contribution in [0.2, 0.25) is 0 Å². The zero-order chi connectivity index (χ0) is 8.65. The van der Waals surface area contributed by atoms with Gasteiger partial charge in [0, 0.05) is 12.3 Å². The van der Waals surface area contributed by atoms with Gasteiger partial charge >= 0.3 is 0 Å². The van der Waals surface area contributed by atoms with E-state index in [1.165, 1.54) is 44.2 Å². The summed E-state index contributed by atoms with van der Waals surface area (Å²) in [6.07, 6.45) is 9.07. The number of rotatable bonds is 3. The zero-order valence-corrected chi connectivity index (χ0v) is 8.10. The molecule has 0 aromatic heterocycles. The molecule has 1 rings (SSSR count). The molecule has 1 aliphatic carbocycles. The van der Waals surface area contributed by atoms with E-state index in [4.69, 9.17) is 0 Å². The Balaban J connectivity index is 2.22. The summed E-state index contributed by atoms with van der Waals surface area (Å²) < 4.78 is 0. The molecular formula is C10H20N2. The first-order valence-corrected chi connectivity index (χ1v) is 5.21. The van der Waals surface area contributed by atoms with Gasteiger partial charge in [-0.25, -0.2) is 0 Å². The second kappa shape index (κ2) is 6.04. The first kappa shape index (κ1) is 9.56. The molecule has 0 amide bonds. The van der Waals surface area contributed by atoms with Gasteiger partial charge in [-0.05, 0) is 32.1 Å². The van der Waals surface area contributed by atoms with Crippen LogP contribution in [-0.4, -0.2) is 12.3 Å². The van der Waals surface area contributed by atoms with Crippen molar-refractivity contribution in [3.63, 3.8) is 0 Å². The Morgan fingerprint density at radius 2 is 1.83 bits per heavy atom. The van der Waals surface area contributed by atoms with Gasteiger partial charge in [0.1, 0.15) is 0 Å². The van der Waals surface area contributed by atoms with Crippen LogP contribution >= 0.6 is 0 Å². The molecule has 0 unspecified atom stereocenters. The average Bonchev–Trinajstić information content (AvgIpc) is 2.33. The van der Waals surface area contributed by atoms with E-state index < -0.39 is 0 Å². The largest absolute Gasteiger partial charge is 0.310 e. The lowest BCUT2D eigenvalue weighted by Gasteiger charge is -2.02. The Morgan fingerprint density at radius 3 is 2.42 bits per heavy atom. The molecule has 1 N–H and O–H groups in total. The molecule has 0 aromatic carbocycles. The van der Waals surface area contributed by atoms with E-state index >= 15 is 0 Å². The fourth-order valence-electron chi connectivity index (χ4n) is 1.53. The molecule has 70 valence electrons. The molecule has 0 spiro atoms. The van der Waals surface area contributed by atoms with Crippen molar-refractivity contribution < 1.29 is 0 Å². The third kappa shape index (κ3) is 3.74. The van der Waals surface area contributed by atoms with Gasteiger partial charge in [0.2, 0.25) is 0 Å². The maximum absolute atomic E-state index is 4.40. The van der Waals surface area contributed by atoms with Crippen molar-refractivity contribution in [3.8, 4) is 0 Å². The van der Waals surface area contributed by atoms with Crippen LogP contribution in [0.4, 0.5) is 0 Å². The van der Waals surface area contributed by atoms with E-state index in [0.29, 0.717) is 0 Å². The lowest BCUT2D eigenvalue weighted by Crippen LogP contribution is -2.10. The number of nitrogens with one attached hydrogen (secondary N) is 1. The van der Waals surface area contributed by atoms with Crippen molar-refractivity contribution in [1.29, 1.82) is 0 Å². The smallest absolute Gasteiger partial charge is 0.0378 e. The predicted octanol–water partition coefficient (Wildman–Crippen LogP) is 2.70. The van der Waals surface area contributed by atoms with Gasteiger partial charge in [-0.15, -0.1) is 0 Å². The highest BCUT2D eigenvalue weighted by Crippen LogP contribution is 2.14. The van der Waals surface area contributed by atoms with E-state index in [1.54, 1.807) is 0 Å². The second-order valence-electron chi connectivity index (χ2n) is 3.50. The van der Waals surface area contributed by atoms with Gasteiger partial charge in [0.25, 0.3) is 0 Å². The Hall–Kier alpha value is -0.530. The maximum atomic E-state index is 4.40. The molecule has 1 saturated carbocycles. The summed E-state index contributed by atoms with van der Waals surface area (Å²) in [5, 5.41) is 4.40. The van der Waals surface area contributed by atoms with Crippen LogP contribution in [0.3, 0.4) is 0 Å². The van der Waals surface area contributed by atoms with Crippen molar-refractivity contribution in [3.05, 3.63) is 0 Å². The van der Waals surface area contributed by atoms with Gasteiger partial charge in [0.05, 0.1) is 0 Å². The molecule has 0 heterocycles. The van der Waals surface area contributed by atoms with E-state index in [0.717, 1.165) is 13.0 Å². The first-order valence-electron chi connectivity index (χ1n) is 5.21. The summed E-state index contributed by atoms with van der Waals surface area (Å²) >= 11 is 0. The van der Waals surface area contributed by atoms with Crippen molar-refractivity contribution in [2.24, 2.45) is 5.10 Å². The van der Waals surface area contributed by atoms with Gasteiger partial charge < -0.3 is 5.43 Å². The van der Waals surface area contributed by atoms with Gasteiger partial charge in [-0.3, -0.25) is 0 Å². The average molecular weight is 168 g/mol. The minimum Gasteiger partial charge on any atom is -0.310 e. The Bertz CT molecular complexity index is 131. The molecule has 2 heteroatoms. The summed E-state index contributed by atoms with van der Waals surface area (Å²) in [5.41, 5.74) is 4.51. The summed E-state index contributed by atoms with van der Waals surface area (Å²) in [6, 6.07) is 0. The molecular weight excluding hydrogens is 148 g/mol. The normalized spacial score (nSPS) is 18.6. The Morgan fingerprint density at radius 1 is 1.17 bits per heavy atom. The second-order valence-corrected chi connectivity index (χ2v) is 3.50. The van der Waals surface area contributed by atoms with E-state index in [2.05, 4.69) is 17.5 Å². The molecule has 0 radical (unpaired) electrons. The predicted molar refractivity (Wildman–Crippen MR) is 53.4 cm³/mol. The first-order chi connectivity index (χ1) is 5.93. The van der Waals surface area contributed by atoms with Crippen LogP contribution in [0, 0.1) is 0 Å². The zero-order valence-electron chi connectivity index (χ0n) is 8.10. The van der Waals surface area contributed by atoms with Crippen LogP contribution in [0.15, 0.2) is 5.10 Å². The molecule has 1 aliphatic rings. The number of hydrogen-bond acceptors (Lipinski definition) is 2. The van der Waals surface area contributed by atoms with Gasteiger partial charge in [0.15, 0.2) is 0 Å². The van der Waals surface area contributed by atoms with Crippen molar-refractivity contribution in [2.75, 3.05) is 6.54 Å². The van der Waals surface area contributed by atoms with E-state index in [1.807, 2.05) is 0 Å². The van der Waals surface area contributed by atoms with Crippen molar-refractivity contribution in [2.45, 2.75) is 51.9 Å². The number of hydrogen-bond donors (Lipinski definition) is 1. The fourth-order valence-corrected chi connectivity index (χ4v) is 1.53. The Labute approximate surface area is 75.4 Å². The minimum atomic E-state index is 1.02. The van der Waals surface area contributed by atoms with Crippen molar-refractivity contribution in [1.82, 2.24) is 5.43 Å². The third-order valence-corrected chi connectivity index (χ3v) is 2.28. The minimum absolute atomic E-state index is 1.02. The van der Waals surface area contributed by atoms with Crippen LogP contribution in [0.5, 0.6) is 0 Å². The molecule has 0 saturated heterocycles. The van der Waals surface area contributed by atoms with Gasteiger partial charge in [-0.2, -0.15) is 5.10 Å². The molecule has 0 aromatic rings. The van der Waals surface area contributed by atoms with Crippen LogP contribution in [0.25, 0.3) is 0 Å². The fraction of sp³-hybridized carbons (Fsp3) is 0.900. The van der Waals surface area contributed by atoms with E-state index in [-0.39, 0.29) is 0 Å². The summed E-state index contributed by atoms with van der Waals surface area (Å²) in [6.45, 7) is 3.18.